The molecule has 98 valence electrons. The Morgan fingerprint density at radius 3 is 2.95 bits per heavy atom. The van der Waals surface area contributed by atoms with E-state index in [0.717, 1.165) is 16.5 Å². The summed E-state index contributed by atoms with van der Waals surface area (Å²) in [6.45, 7) is 0.559. The van der Waals surface area contributed by atoms with Gasteiger partial charge in [0.05, 0.1) is 5.56 Å². The lowest BCUT2D eigenvalue weighted by Crippen LogP contribution is -2.26. The minimum atomic E-state index is -0.140. The number of carbonyl (C=O) groups excluding carboxylic acids is 1. The van der Waals surface area contributed by atoms with Gasteiger partial charge in [0.2, 0.25) is 0 Å². The van der Waals surface area contributed by atoms with Crippen molar-refractivity contribution in [1.82, 2.24) is 10.3 Å². The van der Waals surface area contributed by atoms with Crippen molar-refractivity contribution in [2.45, 2.75) is 6.42 Å². The summed E-state index contributed by atoms with van der Waals surface area (Å²) in [6.07, 6.45) is 4.27. The maximum absolute atomic E-state index is 12.0. The molecule has 0 atom stereocenters. The number of rotatable bonds is 4. The topological polar surface area (TPSA) is 42.0 Å². The van der Waals surface area contributed by atoms with Crippen LogP contribution in [0.5, 0.6) is 0 Å². The first-order valence-electron chi connectivity index (χ1n) is 5.79. The third-order valence-electron chi connectivity index (χ3n) is 2.60. The number of nitrogens with one attached hydrogen (secondary N) is 1. The summed E-state index contributed by atoms with van der Waals surface area (Å²) < 4.78 is 0.732. The molecule has 0 bridgehead atoms. The van der Waals surface area contributed by atoms with Crippen molar-refractivity contribution in [3.63, 3.8) is 0 Å². The standard InChI is InChI=1S/C14H12BrClN2O/c15-13-4-3-11(16)8-12(13)14(19)18-7-5-10-2-1-6-17-9-10/h1-4,6,8-9H,5,7H2,(H,18,19). The Morgan fingerprint density at radius 1 is 1.37 bits per heavy atom. The van der Waals surface area contributed by atoms with Crippen LogP contribution in [-0.2, 0) is 6.42 Å². The number of benzene rings is 1. The van der Waals surface area contributed by atoms with Gasteiger partial charge >= 0.3 is 0 Å². The molecule has 1 aromatic heterocycles. The number of hydrogen-bond acceptors (Lipinski definition) is 2. The monoisotopic (exact) mass is 338 g/mol. The van der Waals surface area contributed by atoms with E-state index in [-0.39, 0.29) is 5.91 Å². The van der Waals surface area contributed by atoms with Crippen molar-refractivity contribution in [2.75, 3.05) is 6.54 Å². The molecule has 0 saturated carbocycles. The molecule has 0 unspecified atom stereocenters. The number of pyridine rings is 1. The lowest BCUT2D eigenvalue weighted by Gasteiger charge is -2.07. The van der Waals surface area contributed by atoms with Crippen LogP contribution >= 0.6 is 27.5 Å². The fraction of sp³-hybridized carbons (Fsp3) is 0.143. The third kappa shape index (κ3) is 4.04. The highest BCUT2D eigenvalue weighted by Gasteiger charge is 2.09. The van der Waals surface area contributed by atoms with Gasteiger partial charge in [-0.25, -0.2) is 0 Å². The summed E-state index contributed by atoms with van der Waals surface area (Å²) in [6, 6.07) is 9.00. The summed E-state index contributed by atoms with van der Waals surface area (Å²) in [5, 5.41) is 3.40. The van der Waals surface area contributed by atoms with Gasteiger partial charge in [-0.2, -0.15) is 0 Å². The minimum absolute atomic E-state index is 0.140. The van der Waals surface area contributed by atoms with Crippen molar-refractivity contribution in [3.8, 4) is 0 Å². The van der Waals surface area contributed by atoms with E-state index in [1.807, 2.05) is 12.1 Å². The maximum atomic E-state index is 12.0. The van der Waals surface area contributed by atoms with Crippen LogP contribution in [0.25, 0.3) is 0 Å². The zero-order chi connectivity index (χ0) is 13.7. The molecule has 0 spiro atoms. The average Bonchev–Trinajstić information content (AvgIpc) is 2.42. The lowest BCUT2D eigenvalue weighted by molar-refractivity contribution is 0.0953. The predicted octanol–water partition coefficient (Wildman–Crippen LogP) is 3.47. The van der Waals surface area contributed by atoms with Gasteiger partial charge in [-0.15, -0.1) is 0 Å². The van der Waals surface area contributed by atoms with E-state index in [0.29, 0.717) is 17.1 Å². The number of aromatic nitrogens is 1. The van der Waals surface area contributed by atoms with Gasteiger partial charge in [0, 0.05) is 28.4 Å². The normalized spacial score (nSPS) is 10.2. The fourth-order valence-electron chi connectivity index (χ4n) is 1.63. The summed E-state index contributed by atoms with van der Waals surface area (Å²) in [5.41, 5.74) is 1.63. The van der Waals surface area contributed by atoms with Crippen molar-refractivity contribution in [1.29, 1.82) is 0 Å². The second kappa shape index (κ2) is 6.68. The number of nitrogens with zero attached hydrogens (tertiary/aromatic N) is 1. The zero-order valence-electron chi connectivity index (χ0n) is 10.1. The van der Waals surface area contributed by atoms with Crippen LogP contribution in [0.4, 0.5) is 0 Å². The molecule has 0 aliphatic heterocycles. The number of halogens is 2. The number of amides is 1. The quantitative estimate of drug-likeness (QED) is 0.927. The molecule has 0 radical (unpaired) electrons. The Bertz CT molecular complexity index is 575. The lowest BCUT2D eigenvalue weighted by atomic mass is 10.2. The molecule has 1 amide bonds. The van der Waals surface area contributed by atoms with Gasteiger partial charge in [-0.05, 0) is 52.2 Å². The van der Waals surface area contributed by atoms with Crippen molar-refractivity contribution < 1.29 is 4.79 Å². The Labute approximate surface area is 125 Å². The van der Waals surface area contributed by atoms with E-state index in [4.69, 9.17) is 11.6 Å². The molecule has 2 rings (SSSR count). The molecular weight excluding hydrogens is 328 g/mol. The van der Waals surface area contributed by atoms with Crippen molar-refractivity contribution >= 4 is 33.4 Å². The SMILES string of the molecule is O=C(NCCc1cccnc1)c1cc(Cl)ccc1Br. The van der Waals surface area contributed by atoms with E-state index in [1.54, 1.807) is 30.6 Å². The molecule has 19 heavy (non-hydrogen) atoms. The van der Waals surface area contributed by atoms with Gasteiger partial charge < -0.3 is 5.32 Å². The summed E-state index contributed by atoms with van der Waals surface area (Å²) in [5.74, 6) is -0.140. The van der Waals surface area contributed by atoms with Crippen molar-refractivity contribution in [3.05, 3.63) is 63.3 Å². The Kier molecular flexibility index (Phi) is 4.93. The van der Waals surface area contributed by atoms with Gasteiger partial charge in [-0.3, -0.25) is 9.78 Å². The first-order valence-corrected chi connectivity index (χ1v) is 6.96. The van der Waals surface area contributed by atoms with Crippen LogP contribution in [0.1, 0.15) is 15.9 Å². The first kappa shape index (κ1) is 14.0. The number of hydrogen-bond donors (Lipinski definition) is 1. The average molecular weight is 340 g/mol. The van der Waals surface area contributed by atoms with E-state index >= 15 is 0 Å². The van der Waals surface area contributed by atoms with Gasteiger partial charge in [0.1, 0.15) is 0 Å². The minimum Gasteiger partial charge on any atom is -0.352 e. The van der Waals surface area contributed by atoms with Crippen LogP contribution in [0.2, 0.25) is 5.02 Å². The van der Waals surface area contributed by atoms with E-state index < -0.39 is 0 Å². The highest BCUT2D eigenvalue weighted by molar-refractivity contribution is 9.10. The Balaban J connectivity index is 1.93. The molecule has 3 nitrogen and oxygen atoms in total. The van der Waals surface area contributed by atoms with Crippen LogP contribution < -0.4 is 5.32 Å². The second-order valence-corrected chi connectivity index (χ2v) is 5.28. The molecule has 2 aromatic rings. The van der Waals surface area contributed by atoms with E-state index in [9.17, 15) is 4.79 Å². The van der Waals surface area contributed by atoms with Gasteiger partial charge in [0.25, 0.3) is 5.91 Å². The van der Waals surface area contributed by atoms with Crippen LogP contribution in [-0.4, -0.2) is 17.4 Å². The van der Waals surface area contributed by atoms with Gasteiger partial charge in [0.15, 0.2) is 0 Å². The Hall–Kier alpha value is -1.39. The Morgan fingerprint density at radius 2 is 2.21 bits per heavy atom. The predicted molar refractivity (Wildman–Crippen MR) is 79.4 cm³/mol. The third-order valence-corrected chi connectivity index (χ3v) is 3.52. The fourth-order valence-corrected chi connectivity index (χ4v) is 2.23. The first-order chi connectivity index (χ1) is 9.16. The molecule has 0 aliphatic rings. The molecule has 1 heterocycles. The smallest absolute Gasteiger partial charge is 0.252 e. The summed E-state index contributed by atoms with van der Waals surface area (Å²) >= 11 is 9.22. The molecule has 1 aromatic carbocycles. The highest BCUT2D eigenvalue weighted by Crippen LogP contribution is 2.20. The second-order valence-electron chi connectivity index (χ2n) is 3.99. The molecule has 0 fully saturated rings. The summed E-state index contributed by atoms with van der Waals surface area (Å²) in [7, 11) is 0. The molecule has 5 heteroatoms. The molecular formula is C14H12BrClN2O. The van der Waals surface area contributed by atoms with Gasteiger partial charge in [-0.1, -0.05) is 17.7 Å². The van der Waals surface area contributed by atoms with Crippen molar-refractivity contribution in [2.24, 2.45) is 0 Å². The summed E-state index contributed by atoms with van der Waals surface area (Å²) in [4.78, 5) is 16.0. The van der Waals surface area contributed by atoms with Crippen LogP contribution in [0.3, 0.4) is 0 Å². The maximum Gasteiger partial charge on any atom is 0.252 e. The largest absolute Gasteiger partial charge is 0.352 e. The van der Waals surface area contributed by atoms with E-state index in [1.165, 1.54) is 0 Å². The highest BCUT2D eigenvalue weighted by atomic mass is 79.9. The zero-order valence-corrected chi connectivity index (χ0v) is 12.4. The molecule has 0 aliphatic carbocycles. The van der Waals surface area contributed by atoms with Crippen LogP contribution in [0.15, 0.2) is 47.2 Å². The van der Waals surface area contributed by atoms with E-state index in [2.05, 4.69) is 26.2 Å². The molecule has 1 N–H and O–H groups in total. The number of carbonyl (C=O) groups is 1. The molecule has 0 saturated heterocycles. The van der Waals surface area contributed by atoms with Crippen LogP contribution in [0, 0.1) is 0 Å².